The van der Waals surface area contributed by atoms with E-state index in [-0.39, 0.29) is 6.61 Å². The van der Waals surface area contributed by atoms with Crippen molar-refractivity contribution in [2.24, 2.45) is 0 Å². The van der Waals surface area contributed by atoms with Crippen LogP contribution in [0, 0.1) is 0 Å². The number of aliphatic hydroxyl groups is 1. The third-order valence-corrected chi connectivity index (χ3v) is 7.19. The van der Waals surface area contributed by atoms with E-state index in [1.165, 1.54) is 11.8 Å². The number of benzene rings is 2. The molecule has 1 unspecified atom stereocenters. The number of halogens is 1. The molecule has 0 aromatic heterocycles. The van der Waals surface area contributed by atoms with Crippen molar-refractivity contribution in [3.05, 3.63) is 47.0 Å². The molecule has 0 bridgehead atoms. The Hall–Kier alpha value is -2.13. The van der Waals surface area contributed by atoms with Crippen molar-refractivity contribution in [1.82, 2.24) is 4.90 Å². The first-order chi connectivity index (χ1) is 16.3. The van der Waals surface area contributed by atoms with Crippen molar-refractivity contribution in [3.8, 4) is 17.2 Å². The average molecular weight is 510 g/mol. The molecular formula is C25H32ClNO6S. The lowest BCUT2D eigenvalue weighted by Gasteiger charge is -2.22. The maximum Gasteiger partial charge on any atom is 0.322 e. The van der Waals surface area contributed by atoms with E-state index >= 15 is 0 Å². The quantitative estimate of drug-likeness (QED) is 0.379. The van der Waals surface area contributed by atoms with Crippen LogP contribution in [0.25, 0.3) is 0 Å². The molecule has 0 saturated heterocycles. The first-order valence-corrected chi connectivity index (χ1v) is 12.4. The fourth-order valence-corrected chi connectivity index (χ4v) is 5.10. The van der Waals surface area contributed by atoms with Gasteiger partial charge in [0.05, 0.1) is 25.7 Å². The molecule has 0 spiro atoms. The summed E-state index contributed by atoms with van der Waals surface area (Å²) in [6.07, 6.45) is 0.0142. The SMILES string of the molecule is COc1ccc(CCN(C)CCCOC(=O)[C@@H]2Sc3cc(Cl)ccc3OC(C)[C@@H]2O)cc1OC. The predicted molar refractivity (Wildman–Crippen MR) is 134 cm³/mol. The summed E-state index contributed by atoms with van der Waals surface area (Å²) in [4.78, 5) is 15.6. The van der Waals surface area contributed by atoms with Crippen molar-refractivity contribution < 1.29 is 28.8 Å². The molecule has 3 atom stereocenters. The zero-order valence-corrected chi connectivity index (χ0v) is 21.5. The lowest BCUT2D eigenvalue weighted by Crippen LogP contribution is -2.41. The molecule has 0 amide bonds. The van der Waals surface area contributed by atoms with Gasteiger partial charge in [0.2, 0.25) is 0 Å². The Kier molecular flexibility index (Phi) is 9.76. The van der Waals surface area contributed by atoms with Gasteiger partial charge in [-0.05, 0) is 62.7 Å². The van der Waals surface area contributed by atoms with Crippen LogP contribution in [-0.2, 0) is 16.0 Å². The summed E-state index contributed by atoms with van der Waals surface area (Å²) in [6.45, 7) is 3.65. The third kappa shape index (κ3) is 6.95. The normalized spacial score (nSPS) is 19.7. The molecule has 186 valence electrons. The Morgan fingerprint density at radius 2 is 1.91 bits per heavy atom. The van der Waals surface area contributed by atoms with Gasteiger partial charge >= 0.3 is 5.97 Å². The van der Waals surface area contributed by atoms with Crippen LogP contribution < -0.4 is 14.2 Å². The van der Waals surface area contributed by atoms with Crippen LogP contribution in [-0.4, -0.2) is 74.4 Å². The van der Waals surface area contributed by atoms with Gasteiger partial charge in [-0.15, -0.1) is 11.8 Å². The highest BCUT2D eigenvalue weighted by Crippen LogP contribution is 2.40. The zero-order valence-electron chi connectivity index (χ0n) is 20.0. The second-order valence-corrected chi connectivity index (χ2v) is 9.83. The number of likely N-dealkylation sites (N-methyl/N-ethyl adjacent to an activating group) is 1. The smallest absolute Gasteiger partial charge is 0.322 e. The van der Waals surface area contributed by atoms with E-state index in [1.807, 2.05) is 25.2 Å². The molecule has 2 aromatic carbocycles. The standard InChI is InChI=1S/C25H32ClNO6S/c1-16-23(28)24(34-22-15-18(26)7-9-20(22)33-16)25(29)32-13-5-11-27(2)12-10-17-6-8-19(30-3)21(14-17)31-4/h6-9,14-16,23-24,28H,5,10-13H2,1-4H3/t16?,23-,24+/m0/s1. The number of carbonyl (C=O) groups excluding carboxylic acids is 1. The van der Waals surface area contributed by atoms with Crippen LogP contribution >= 0.6 is 23.4 Å². The van der Waals surface area contributed by atoms with Crippen LogP contribution in [0.3, 0.4) is 0 Å². The molecule has 1 aliphatic rings. The third-order valence-electron chi connectivity index (χ3n) is 5.65. The molecular weight excluding hydrogens is 478 g/mol. The van der Waals surface area contributed by atoms with E-state index in [4.69, 9.17) is 30.5 Å². The fraction of sp³-hybridized carbons (Fsp3) is 0.480. The average Bonchev–Trinajstić information content (AvgIpc) is 2.96. The summed E-state index contributed by atoms with van der Waals surface area (Å²) >= 11 is 7.32. The molecule has 0 aliphatic carbocycles. The summed E-state index contributed by atoms with van der Waals surface area (Å²) in [5.41, 5.74) is 1.16. The van der Waals surface area contributed by atoms with Gasteiger partial charge in [-0.3, -0.25) is 4.79 Å². The van der Waals surface area contributed by atoms with Crippen molar-refractivity contribution >= 4 is 29.3 Å². The van der Waals surface area contributed by atoms with Gasteiger partial charge in [0.15, 0.2) is 11.5 Å². The number of rotatable bonds is 10. The van der Waals surface area contributed by atoms with E-state index in [0.29, 0.717) is 27.8 Å². The predicted octanol–water partition coefficient (Wildman–Crippen LogP) is 4.07. The number of hydrogen-bond acceptors (Lipinski definition) is 8. The van der Waals surface area contributed by atoms with Crippen molar-refractivity contribution in [1.29, 1.82) is 0 Å². The molecule has 34 heavy (non-hydrogen) atoms. The van der Waals surface area contributed by atoms with Crippen LogP contribution in [0.15, 0.2) is 41.3 Å². The summed E-state index contributed by atoms with van der Waals surface area (Å²) < 4.78 is 21.9. The highest BCUT2D eigenvalue weighted by atomic mass is 35.5. The van der Waals surface area contributed by atoms with Gasteiger partial charge < -0.3 is 29.0 Å². The Morgan fingerprint density at radius 1 is 1.15 bits per heavy atom. The van der Waals surface area contributed by atoms with E-state index in [9.17, 15) is 9.90 Å². The molecule has 2 aromatic rings. The van der Waals surface area contributed by atoms with Gasteiger partial charge in [0, 0.05) is 18.1 Å². The topological polar surface area (TPSA) is 77.5 Å². The Balaban J connectivity index is 1.44. The van der Waals surface area contributed by atoms with E-state index in [1.54, 1.807) is 39.3 Å². The zero-order chi connectivity index (χ0) is 24.7. The van der Waals surface area contributed by atoms with Crippen LogP contribution in [0.2, 0.25) is 5.02 Å². The van der Waals surface area contributed by atoms with Crippen LogP contribution in [0.4, 0.5) is 0 Å². The first-order valence-electron chi connectivity index (χ1n) is 11.2. The highest BCUT2D eigenvalue weighted by molar-refractivity contribution is 8.00. The van der Waals surface area contributed by atoms with Crippen molar-refractivity contribution in [3.63, 3.8) is 0 Å². The molecule has 0 fully saturated rings. The Labute approximate surface area is 210 Å². The van der Waals surface area contributed by atoms with Crippen molar-refractivity contribution in [2.45, 2.75) is 42.1 Å². The van der Waals surface area contributed by atoms with Crippen LogP contribution in [0.5, 0.6) is 17.2 Å². The summed E-state index contributed by atoms with van der Waals surface area (Å²) in [7, 11) is 5.28. The number of esters is 1. The van der Waals surface area contributed by atoms with E-state index in [2.05, 4.69) is 4.90 Å². The van der Waals surface area contributed by atoms with Crippen molar-refractivity contribution in [2.75, 3.05) is 41.0 Å². The van der Waals surface area contributed by atoms with Gasteiger partial charge in [-0.2, -0.15) is 0 Å². The maximum absolute atomic E-state index is 12.7. The Morgan fingerprint density at radius 3 is 2.65 bits per heavy atom. The largest absolute Gasteiger partial charge is 0.493 e. The van der Waals surface area contributed by atoms with Gasteiger partial charge in [-0.1, -0.05) is 17.7 Å². The number of ether oxygens (including phenoxy) is 4. The molecule has 1 N–H and O–H groups in total. The summed E-state index contributed by atoms with van der Waals surface area (Å²) in [5.74, 6) is 1.59. The van der Waals surface area contributed by atoms with Crippen LogP contribution in [0.1, 0.15) is 18.9 Å². The van der Waals surface area contributed by atoms with Gasteiger partial charge in [0.1, 0.15) is 23.2 Å². The number of hydrogen-bond donors (Lipinski definition) is 1. The van der Waals surface area contributed by atoms with E-state index in [0.717, 1.165) is 30.8 Å². The summed E-state index contributed by atoms with van der Waals surface area (Å²) in [6, 6.07) is 11.1. The molecule has 0 saturated carbocycles. The maximum atomic E-state index is 12.7. The first kappa shape index (κ1) is 26.5. The molecule has 9 heteroatoms. The van der Waals surface area contributed by atoms with Gasteiger partial charge in [0.25, 0.3) is 0 Å². The number of thioether (sulfide) groups is 1. The molecule has 1 aliphatic heterocycles. The second-order valence-electron chi connectivity index (χ2n) is 8.21. The fourth-order valence-electron chi connectivity index (χ4n) is 3.64. The number of carbonyl (C=O) groups is 1. The molecule has 1 heterocycles. The lowest BCUT2D eigenvalue weighted by atomic mass is 10.1. The number of fused-ring (bicyclic) bond motifs is 1. The molecule has 0 radical (unpaired) electrons. The summed E-state index contributed by atoms with van der Waals surface area (Å²) in [5, 5.41) is 10.4. The molecule has 3 rings (SSSR count). The number of methoxy groups -OCH3 is 2. The van der Waals surface area contributed by atoms with Gasteiger partial charge in [-0.25, -0.2) is 0 Å². The number of aliphatic hydroxyl groups excluding tert-OH is 1. The Bertz CT molecular complexity index is 974. The highest BCUT2D eigenvalue weighted by Gasteiger charge is 2.37. The second kappa shape index (κ2) is 12.5. The minimum atomic E-state index is -0.993. The lowest BCUT2D eigenvalue weighted by molar-refractivity contribution is -0.146. The van der Waals surface area contributed by atoms with E-state index < -0.39 is 23.4 Å². The number of nitrogens with zero attached hydrogens (tertiary/aromatic N) is 1. The minimum absolute atomic E-state index is 0.279. The minimum Gasteiger partial charge on any atom is -0.493 e. The monoisotopic (exact) mass is 509 g/mol. The molecule has 7 nitrogen and oxygen atoms in total.